The molecule has 0 saturated carbocycles. The monoisotopic (exact) mass is 306 g/mol. The Kier molecular flexibility index (Phi) is 4.12. The van der Waals surface area contributed by atoms with Gasteiger partial charge in [-0.05, 0) is 34.4 Å². The molecule has 5 heteroatoms. The summed E-state index contributed by atoms with van der Waals surface area (Å²) in [5.74, 6) is 2.37. The van der Waals surface area contributed by atoms with Gasteiger partial charge in [-0.3, -0.25) is 4.90 Å². The van der Waals surface area contributed by atoms with Gasteiger partial charge in [-0.1, -0.05) is 0 Å². The van der Waals surface area contributed by atoms with E-state index in [0.29, 0.717) is 6.04 Å². The molecule has 1 aliphatic heterocycles. The second kappa shape index (κ2) is 5.19. The Bertz CT molecular complexity index is 329. The number of nitrogens with two attached hydrogens (primary N) is 1. The van der Waals surface area contributed by atoms with Crippen LogP contribution in [0.5, 0.6) is 0 Å². The Balaban J connectivity index is 2.13. The maximum Gasteiger partial charge on any atom is 0.0567 e. The lowest BCUT2D eigenvalue weighted by atomic mass is 10.1. The summed E-state index contributed by atoms with van der Waals surface area (Å²) in [7, 11) is 2.17. The third kappa shape index (κ3) is 2.58. The molecule has 1 aromatic heterocycles. The number of thioether (sulfide) groups is 1. The van der Waals surface area contributed by atoms with Crippen LogP contribution in [0, 0.1) is 0 Å². The molecule has 2 unspecified atom stereocenters. The molecule has 0 spiro atoms. The van der Waals surface area contributed by atoms with Crippen molar-refractivity contribution < 1.29 is 0 Å². The Morgan fingerprint density at radius 3 is 3.07 bits per heavy atom. The standard InChI is InChI=1S/C10H15BrN2S2/c1-13-3-5-14-6-8(13)9(12)10-7(11)2-4-15-10/h2,4,8-9H,3,5-6,12H2,1H3. The normalized spacial score (nSPS) is 25.4. The largest absolute Gasteiger partial charge is 0.322 e. The van der Waals surface area contributed by atoms with Crippen LogP contribution in [0.1, 0.15) is 10.9 Å². The van der Waals surface area contributed by atoms with E-state index in [-0.39, 0.29) is 6.04 Å². The summed E-state index contributed by atoms with van der Waals surface area (Å²) in [4.78, 5) is 3.65. The molecule has 0 bridgehead atoms. The third-order valence-corrected chi connectivity index (χ3v) is 5.83. The molecular formula is C10H15BrN2S2. The molecule has 0 amide bonds. The molecule has 1 aromatic rings. The van der Waals surface area contributed by atoms with Crippen LogP contribution < -0.4 is 5.73 Å². The lowest BCUT2D eigenvalue weighted by Crippen LogP contribution is -2.45. The van der Waals surface area contributed by atoms with Crippen LogP contribution in [0.4, 0.5) is 0 Å². The maximum absolute atomic E-state index is 6.33. The first-order valence-corrected chi connectivity index (χ1v) is 7.79. The molecule has 0 radical (unpaired) electrons. The smallest absolute Gasteiger partial charge is 0.0567 e. The summed E-state index contributed by atoms with van der Waals surface area (Å²) in [6, 6.07) is 2.69. The first-order chi connectivity index (χ1) is 7.20. The number of hydrogen-bond acceptors (Lipinski definition) is 4. The van der Waals surface area contributed by atoms with Gasteiger partial charge >= 0.3 is 0 Å². The van der Waals surface area contributed by atoms with Gasteiger partial charge in [-0.2, -0.15) is 11.8 Å². The Labute approximate surface area is 107 Å². The number of rotatable bonds is 2. The highest BCUT2D eigenvalue weighted by Crippen LogP contribution is 2.33. The molecule has 1 aliphatic rings. The SMILES string of the molecule is CN1CCSCC1C(N)c1sccc1Br. The molecule has 0 aliphatic carbocycles. The summed E-state index contributed by atoms with van der Waals surface area (Å²) in [6.07, 6.45) is 0. The van der Waals surface area contributed by atoms with Crippen molar-refractivity contribution in [1.29, 1.82) is 0 Å². The summed E-state index contributed by atoms with van der Waals surface area (Å²) >= 11 is 7.31. The molecule has 0 aromatic carbocycles. The fraction of sp³-hybridized carbons (Fsp3) is 0.600. The zero-order chi connectivity index (χ0) is 10.8. The summed E-state index contributed by atoms with van der Waals surface area (Å²) in [5, 5.41) is 2.09. The zero-order valence-corrected chi connectivity index (χ0v) is 11.9. The second-order valence-corrected chi connectivity index (χ2v) is 6.73. The molecule has 15 heavy (non-hydrogen) atoms. The van der Waals surface area contributed by atoms with Crippen molar-refractivity contribution in [3.05, 3.63) is 20.8 Å². The first-order valence-electron chi connectivity index (χ1n) is 4.96. The number of likely N-dealkylation sites (N-methyl/N-ethyl adjacent to an activating group) is 1. The van der Waals surface area contributed by atoms with Crippen LogP contribution in [0.2, 0.25) is 0 Å². The van der Waals surface area contributed by atoms with Crippen molar-refractivity contribution in [1.82, 2.24) is 4.90 Å². The van der Waals surface area contributed by atoms with E-state index in [2.05, 4.69) is 39.3 Å². The van der Waals surface area contributed by atoms with Crippen molar-refractivity contribution in [2.24, 2.45) is 5.73 Å². The van der Waals surface area contributed by atoms with Crippen molar-refractivity contribution in [3.8, 4) is 0 Å². The quantitative estimate of drug-likeness (QED) is 0.910. The van der Waals surface area contributed by atoms with E-state index in [1.54, 1.807) is 11.3 Å². The molecule has 1 saturated heterocycles. The predicted molar refractivity (Wildman–Crippen MR) is 72.7 cm³/mol. The summed E-state index contributed by atoms with van der Waals surface area (Å²) < 4.78 is 1.16. The zero-order valence-electron chi connectivity index (χ0n) is 8.65. The van der Waals surface area contributed by atoms with E-state index in [1.807, 2.05) is 11.8 Å². The van der Waals surface area contributed by atoms with Gasteiger partial charge in [-0.25, -0.2) is 0 Å². The van der Waals surface area contributed by atoms with Crippen LogP contribution >= 0.6 is 39.0 Å². The van der Waals surface area contributed by atoms with Crippen LogP contribution in [-0.2, 0) is 0 Å². The van der Waals surface area contributed by atoms with Gasteiger partial charge in [0.2, 0.25) is 0 Å². The molecular weight excluding hydrogens is 292 g/mol. The van der Waals surface area contributed by atoms with Gasteiger partial charge in [0.25, 0.3) is 0 Å². The van der Waals surface area contributed by atoms with Crippen molar-refractivity contribution in [2.75, 3.05) is 25.1 Å². The van der Waals surface area contributed by atoms with E-state index in [1.165, 1.54) is 10.6 Å². The lowest BCUT2D eigenvalue weighted by molar-refractivity contribution is 0.239. The van der Waals surface area contributed by atoms with Gasteiger partial charge in [0.05, 0.1) is 6.04 Å². The number of nitrogens with zero attached hydrogens (tertiary/aromatic N) is 1. The molecule has 2 atom stereocenters. The van der Waals surface area contributed by atoms with Crippen LogP contribution in [0.25, 0.3) is 0 Å². The lowest BCUT2D eigenvalue weighted by Gasteiger charge is -2.35. The van der Waals surface area contributed by atoms with E-state index in [9.17, 15) is 0 Å². The van der Waals surface area contributed by atoms with Crippen molar-refractivity contribution in [2.45, 2.75) is 12.1 Å². The number of halogens is 1. The third-order valence-electron chi connectivity index (χ3n) is 2.81. The van der Waals surface area contributed by atoms with Gasteiger partial charge in [-0.15, -0.1) is 11.3 Å². The molecule has 1 fully saturated rings. The maximum atomic E-state index is 6.33. The Morgan fingerprint density at radius 2 is 2.47 bits per heavy atom. The molecule has 84 valence electrons. The van der Waals surface area contributed by atoms with E-state index < -0.39 is 0 Å². The number of thiophene rings is 1. The molecule has 2 nitrogen and oxygen atoms in total. The average Bonchev–Trinajstić information content (AvgIpc) is 2.64. The van der Waals surface area contributed by atoms with Gasteiger partial charge in [0.1, 0.15) is 0 Å². The minimum absolute atomic E-state index is 0.136. The van der Waals surface area contributed by atoms with Crippen molar-refractivity contribution in [3.63, 3.8) is 0 Å². The highest BCUT2D eigenvalue weighted by Gasteiger charge is 2.28. The second-order valence-electron chi connectivity index (χ2n) is 3.78. The van der Waals surface area contributed by atoms with E-state index in [4.69, 9.17) is 5.73 Å². The summed E-state index contributed by atoms with van der Waals surface area (Å²) in [6.45, 7) is 1.14. The van der Waals surface area contributed by atoms with E-state index in [0.717, 1.165) is 16.8 Å². The van der Waals surface area contributed by atoms with Crippen LogP contribution in [0.3, 0.4) is 0 Å². The Morgan fingerprint density at radius 1 is 1.67 bits per heavy atom. The van der Waals surface area contributed by atoms with Crippen LogP contribution in [-0.4, -0.2) is 36.0 Å². The summed E-state index contributed by atoms with van der Waals surface area (Å²) in [5.41, 5.74) is 6.33. The topological polar surface area (TPSA) is 29.3 Å². The Hall–Kier alpha value is 0.450. The van der Waals surface area contributed by atoms with Crippen LogP contribution in [0.15, 0.2) is 15.9 Å². The number of hydrogen-bond donors (Lipinski definition) is 1. The molecule has 2 rings (SSSR count). The average molecular weight is 307 g/mol. The predicted octanol–water partition coefficient (Wildman–Crippen LogP) is 2.56. The van der Waals surface area contributed by atoms with Gasteiger partial charge < -0.3 is 5.73 Å². The van der Waals surface area contributed by atoms with E-state index >= 15 is 0 Å². The first kappa shape index (κ1) is 11.9. The molecule has 2 N–H and O–H groups in total. The highest BCUT2D eigenvalue weighted by molar-refractivity contribution is 9.10. The van der Waals surface area contributed by atoms with Gasteiger partial charge in [0, 0.05) is 33.4 Å². The minimum atomic E-state index is 0.136. The fourth-order valence-electron chi connectivity index (χ4n) is 1.80. The molecule has 2 heterocycles. The highest BCUT2D eigenvalue weighted by atomic mass is 79.9. The minimum Gasteiger partial charge on any atom is -0.322 e. The van der Waals surface area contributed by atoms with Gasteiger partial charge in [0.15, 0.2) is 0 Å². The van der Waals surface area contributed by atoms with Crippen molar-refractivity contribution >= 4 is 39.0 Å². The fourth-order valence-corrected chi connectivity index (χ4v) is 4.79.